The molecule has 1 aromatic heterocycles. The Morgan fingerprint density at radius 3 is 2.35 bits per heavy atom. The molecule has 0 atom stereocenters. The number of halogens is 2. The fraction of sp³-hybridized carbons (Fsp3) is 0.0909. The molecule has 0 fully saturated rings. The van der Waals surface area contributed by atoms with Gasteiger partial charge in [0.1, 0.15) is 11.5 Å². The minimum Gasteiger partial charge on any atom is -0.384 e. The van der Waals surface area contributed by atoms with Gasteiger partial charge in [-0.1, -0.05) is 0 Å². The molecule has 1 aromatic carbocycles. The van der Waals surface area contributed by atoms with E-state index in [0.717, 1.165) is 16.8 Å². The standard InChI is InChI=1S/C11H10F2N4/c1-6-2-3-17(16-6)10-8(12)4-7(11(14)15)5-9(10)13/h2-5H,1H3,(H3,14,15). The van der Waals surface area contributed by atoms with Gasteiger partial charge in [-0.2, -0.15) is 5.10 Å². The molecule has 88 valence electrons. The number of nitrogen functional groups attached to an aromatic ring is 1. The number of hydrogen-bond acceptors (Lipinski definition) is 2. The molecule has 0 saturated heterocycles. The Balaban J connectivity index is 2.60. The van der Waals surface area contributed by atoms with Crippen molar-refractivity contribution in [2.45, 2.75) is 6.92 Å². The SMILES string of the molecule is Cc1ccn(-c2c(F)cc(C(=N)N)cc2F)n1. The van der Waals surface area contributed by atoms with E-state index in [0.29, 0.717) is 5.69 Å². The summed E-state index contributed by atoms with van der Waals surface area (Å²) in [6.07, 6.45) is 1.46. The van der Waals surface area contributed by atoms with Crippen LogP contribution in [0.4, 0.5) is 8.78 Å². The maximum absolute atomic E-state index is 13.7. The number of aryl methyl sites for hydroxylation is 1. The molecule has 0 aliphatic rings. The van der Waals surface area contributed by atoms with Crippen molar-refractivity contribution in [2.24, 2.45) is 5.73 Å². The van der Waals surface area contributed by atoms with Crippen molar-refractivity contribution in [1.82, 2.24) is 9.78 Å². The van der Waals surface area contributed by atoms with Gasteiger partial charge in [-0.25, -0.2) is 13.5 Å². The number of amidine groups is 1. The lowest BCUT2D eigenvalue weighted by Crippen LogP contribution is -2.13. The van der Waals surface area contributed by atoms with Crippen LogP contribution in [0.5, 0.6) is 0 Å². The number of nitrogens with zero attached hydrogens (tertiary/aromatic N) is 2. The second-order valence-corrected chi connectivity index (χ2v) is 3.60. The normalized spacial score (nSPS) is 10.5. The fourth-order valence-corrected chi connectivity index (χ4v) is 1.48. The molecule has 4 nitrogen and oxygen atoms in total. The summed E-state index contributed by atoms with van der Waals surface area (Å²) >= 11 is 0. The first-order valence-electron chi connectivity index (χ1n) is 4.85. The Morgan fingerprint density at radius 2 is 1.94 bits per heavy atom. The summed E-state index contributed by atoms with van der Waals surface area (Å²) < 4.78 is 28.5. The van der Waals surface area contributed by atoms with Crippen LogP contribution in [0.25, 0.3) is 5.69 Å². The lowest BCUT2D eigenvalue weighted by Gasteiger charge is -2.07. The monoisotopic (exact) mass is 236 g/mol. The van der Waals surface area contributed by atoms with Gasteiger partial charge in [-0.15, -0.1) is 0 Å². The Bertz CT molecular complexity index is 566. The first-order chi connectivity index (χ1) is 7.99. The average Bonchev–Trinajstić information content (AvgIpc) is 2.63. The molecule has 2 rings (SSSR count). The largest absolute Gasteiger partial charge is 0.384 e. The van der Waals surface area contributed by atoms with Gasteiger partial charge >= 0.3 is 0 Å². The third kappa shape index (κ3) is 2.01. The summed E-state index contributed by atoms with van der Waals surface area (Å²) in [6, 6.07) is 3.66. The molecule has 17 heavy (non-hydrogen) atoms. The van der Waals surface area contributed by atoms with Crippen molar-refractivity contribution < 1.29 is 8.78 Å². The molecule has 0 bridgehead atoms. The van der Waals surface area contributed by atoms with E-state index in [1.54, 1.807) is 13.0 Å². The van der Waals surface area contributed by atoms with Crippen molar-refractivity contribution in [2.75, 3.05) is 0 Å². The predicted octanol–water partition coefficient (Wildman–Crippen LogP) is 1.74. The second-order valence-electron chi connectivity index (χ2n) is 3.60. The lowest BCUT2D eigenvalue weighted by molar-refractivity contribution is 0.559. The van der Waals surface area contributed by atoms with E-state index in [1.807, 2.05) is 0 Å². The minimum absolute atomic E-state index is 0.00706. The molecular weight excluding hydrogens is 226 g/mol. The maximum atomic E-state index is 13.7. The van der Waals surface area contributed by atoms with E-state index in [-0.39, 0.29) is 17.1 Å². The van der Waals surface area contributed by atoms with Gasteiger partial charge in [0.15, 0.2) is 11.6 Å². The first-order valence-corrected chi connectivity index (χ1v) is 4.85. The van der Waals surface area contributed by atoms with Crippen molar-refractivity contribution in [1.29, 1.82) is 5.41 Å². The molecular formula is C11H10F2N4. The molecule has 2 aromatic rings. The van der Waals surface area contributed by atoms with Crippen LogP contribution in [-0.4, -0.2) is 15.6 Å². The molecule has 0 aliphatic heterocycles. The minimum atomic E-state index is -0.807. The number of nitrogens with two attached hydrogens (primary N) is 1. The van der Waals surface area contributed by atoms with Crippen molar-refractivity contribution >= 4 is 5.84 Å². The zero-order valence-electron chi connectivity index (χ0n) is 9.04. The molecule has 3 N–H and O–H groups in total. The summed E-state index contributed by atoms with van der Waals surface area (Å²) in [7, 11) is 0. The van der Waals surface area contributed by atoms with Crippen molar-refractivity contribution in [3.63, 3.8) is 0 Å². The van der Waals surface area contributed by atoms with Crippen LogP contribution >= 0.6 is 0 Å². The highest BCUT2D eigenvalue weighted by molar-refractivity contribution is 5.95. The van der Waals surface area contributed by atoms with Gasteiger partial charge in [-0.05, 0) is 25.1 Å². The van der Waals surface area contributed by atoms with E-state index >= 15 is 0 Å². The summed E-state index contributed by atoms with van der Waals surface area (Å²) in [4.78, 5) is 0. The van der Waals surface area contributed by atoms with Crippen molar-refractivity contribution in [3.05, 3.63) is 47.3 Å². The second kappa shape index (κ2) is 3.97. The van der Waals surface area contributed by atoms with E-state index < -0.39 is 11.6 Å². The van der Waals surface area contributed by atoms with Gasteiger partial charge < -0.3 is 5.73 Å². The van der Waals surface area contributed by atoms with Crippen LogP contribution in [-0.2, 0) is 0 Å². The van der Waals surface area contributed by atoms with Gasteiger partial charge in [0, 0.05) is 11.8 Å². The van der Waals surface area contributed by atoms with E-state index in [4.69, 9.17) is 11.1 Å². The molecule has 0 aliphatic carbocycles. The third-order valence-electron chi connectivity index (χ3n) is 2.28. The Morgan fingerprint density at radius 1 is 1.35 bits per heavy atom. The quantitative estimate of drug-likeness (QED) is 0.616. The summed E-state index contributed by atoms with van der Waals surface area (Å²) in [5.41, 5.74) is 5.56. The molecule has 0 amide bonds. The highest BCUT2D eigenvalue weighted by Crippen LogP contribution is 2.19. The predicted molar refractivity (Wildman–Crippen MR) is 59.2 cm³/mol. The summed E-state index contributed by atoms with van der Waals surface area (Å²) in [5.74, 6) is -2.00. The average molecular weight is 236 g/mol. The zero-order valence-corrected chi connectivity index (χ0v) is 9.04. The van der Waals surface area contributed by atoms with Crippen LogP contribution in [0.15, 0.2) is 24.4 Å². The topological polar surface area (TPSA) is 67.7 Å². The smallest absolute Gasteiger partial charge is 0.152 e. The van der Waals surface area contributed by atoms with Crippen LogP contribution in [0, 0.1) is 24.0 Å². The number of rotatable bonds is 2. The summed E-state index contributed by atoms with van der Waals surface area (Å²) in [6.45, 7) is 1.72. The van der Waals surface area contributed by atoms with Crippen LogP contribution in [0.1, 0.15) is 11.3 Å². The van der Waals surface area contributed by atoms with E-state index in [2.05, 4.69) is 5.10 Å². The third-order valence-corrected chi connectivity index (χ3v) is 2.28. The molecule has 0 radical (unpaired) electrons. The fourth-order valence-electron chi connectivity index (χ4n) is 1.48. The number of aromatic nitrogens is 2. The van der Waals surface area contributed by atoms with Crippen molar-refractivity contribution in [3.8, 4) is 5.69 Å². The highest BCUT2D eigenvalue weighted by atomic mass is 19.1. The van der Waals surface area contributed by atoms with Gasteiger partial charge in [-0.3, -0.25) is 5.41 Å². The summed E-state index contributed by atoms with van der Waals surface area (Å²) in [5, 5.41) is 11.1. The Kier molecular flexibility index (Phi) is 2.63. The molecule has 0 saturated carbocycles. The number of benzene rings is 1. The van der Waals surface area contributed by atoms with Gasteiger partial charge in [0.25, 0.3) is 0 Å². The van der Waals surface area contributed by atoms with E-state index in [1.165, 1.54) is 6.20 Å². The molecule has 1 heterocycles. The van der Waals surface area contributed by atoms with Crippen LogP contribution in [0.2, 0.25) is 0 Å². The maximum Gasteiger partial charge on any atom is 0.152 e. The molecule has 6 heteroatoms. The van der Waals surface area contributed by atoms with Crippen LogP contribution in [0.3, 0.4) is 0 Å². The van der Waals surface area contributed by atoms with E-state index in [9.17, 15) is 8.78 Å². The lowest BCUT2D eigenvalue weighted by atomic mass is 10.1. The number of hydrogen-bond donors (Lipinski definition) is 2. The molecule has 0 spiro atoms. The highest BCUT2D eigenvalue weighted by Gasteiger charge is 2.14. The zero-order chi connectivity index (χ0) is 12.6. The van der Waals surface area contributed by atoms with Gasteiger partial charge in [0.2, 0.25) is 0 Å². The van der Waals surface area contributed by atoms with Crippen LogP contribution < -0.4 is 5.73 Å². The van der Waals surface area contributed by atoms with Gasteiger partial charge in [0.05, 0.1) is 5.69 Å². The Labute approximate surface area is 96.2 Å². The Hall–Kier alpha value is -2.24. The first kappa shape index (κ1) is 11.3. The molecule has 0 unspecified atom stereocenters. The number of nitrogens with one attached hydrogen (secondary N) is 1.